The molecule has 0 saturated carbocycles. The van der Waals surface area contributed by atoms with Crippen LogP contribution in [0.15, 0.2) is 0 Å². The first kappa shape index (κ1) is 11.9. The molecule has 1 rings (SSSR count). The average molecular weight is 234 g/mol. The average Bonchev–Trinajstić information content (AvgIpc) is 2.58. The van der Waals surface area contributed by atoms with E-state index >= 15 is 0 Å². The van der Waals surface area contributed by atoms with Crippen molar-refractivity contribution in [3.63, 3.8) is 0 Å². The molecule has 0 unspecified atom stereocenters. The van der Waals surface area contributed by atoms with E-state index in [1.54, 1.807) is 0 Å². The van der Waals surface area contributed by atoms with Crippen LogP contribution >= 0.6 is 22.9 Å². The van der Waals surface area contributed by atoms with Gasteiger partial charge in [0.25, 0.3) is 0 Å². The molecule has 5 heteroatoms. The van der Waals surface area contributed by atoms with Gasteiger partial charge in [-0.05, 0) is 31.1 Å². The first-order valence-electron chi connectivity index (χ1n) is 4.96. The van der Waals surface area contributed by atoms with Crippen molar-refractivity contribution in [2.24, 2.45) is 0 Å². The Kier molecular flexibility index (Phi) is 5.37. The summed E-state index contributed by atoms with van der Waals surface area (Å²) in [6.45, 7) is 7.43. The smallest absolute Gasteiger partial charge is 0.207 e. The Bertz CT molecular complexity index is 264. The van der Waals surface area contributed by atoms with E-state index in [4.69, 9.17) is 11.6 Å². The lowest BCUT2D eigenvalue weighted by molar-refractivity contribution is 0.274. The third kappa shape index (κ3) is 3.90. The van der Waals surface area contributed by atoms with E-state index in [-0.39, 0.29) is 0 Å². The molecule has 0 fully saturated rings. The molecule has 0 spiro atoms. The SMILES string of the molecule is CCCCN(CC)Cc1nnc(Cl)s1. The number of aromatic nitrogens is 2. The summed E-state index contributed by atoms with van der Waals surface area (Å²) >= 11 is 7.18. The first-order chi connectivity index (χ1) is 6.76. The second-order valence-electron chi connectivity index (χ2n) is 3.17. The maximum absolute atomic E-state index is 5.72. The molecular weight excluding hydrogens is 218 g/mol. The van der Waals surface area contributed by atoms with Gasteiger partial charge in [-0.2, -0.15) is 0 Å². The topological polar surface area (TPSA) is 29.0 Å². The van der Waals surface area contributed by atoms with E-state index in [1.807, 2.05) is 0 Å². The molecule has 0 saturated heterocycles. The monoisotopic (exact) mass is 233 g/mol. The van der Waals surface area contributed by atoms with Gasteiger partial charge in [0.1, 0.15) is 5.01 Å². The second-order valence-corrected chi connectivity index (χ2v) is 4.82. The third-order valence-corrected chi connectivity index (χ3v) is 3.08. The molecule has 0 aliphatic rings. The van der Waals surface area contributed by atoms with E-state index < -0.39 is 0 Å². The van der Waals surface area contributed by atoms with Crippen molar-refractivity contribution in [3.8, 4) is 0 Å². The number of hydrogen-bond donors (Lipinski definition) is 0. The fourth-order valence-electron chi connectivity index (χ4n) is 1.22. The Morgan fingerprint density at radius 3 is 2.64 bits per heavy atom. The quantitative estimate of drug-likeness (QED) is 0.757. The number of rotatable bonds is 6. The Hall–Kier alpha value is -0.190. The lowest BCUT2D eigenvalue weighted by Crippen LogP contribution is -2.23. The zero-order chi connectivity index (χ0) is 10.4. The summed E-state index contributed by atoms with van der Waals surface area (Å²) in [5, 5.41) is 8.81. The van der Waals surface area contributed by atoms with Crippen LogP contribution in [0.4, 0.5) is 0 Å². The highest BCUT2D eigenvalue weighted by Gasteiger charge is 2.07. The molecule has 1 aromatic rings. The van der Waals surface area contributed by atoms with Crippen LogP contribution in [-0.4, -0.2) is 28.2 Å². The standard InChI is InChI=1S/C9H16ClN3S/c1-3-5-6-13(4-2)7-8-11-12-9(10)14-8/h3-7H2,1-2H3. The third-order valence-electron chi connectivity index (χ3n) is 2.08. The van der Waals surface area contributed by atoms with Crippen molar-refractivity contribution >= 4 is 22.9 Å². The summed E-state index contributed by atoms with van der Waals surface area (Å²) < 4.78 is 0.534. The summed E-state index contributed by atoms with van der Waals surface area (Å²) in [6, 6.07) is 0. The Morgan fingerprint density at radius 2 is 2.14 bits per heavy atom. The van der Waals surface area contributed by atoms with Gasteiger partial charge < -0.3 is 0 Å². The van der Waals surface area contributed by atoms with Gasteiger partial charge in [-0.25, -0.2) is 0 Å². The maximum Gasteiger partial charge on any atom is 0.207 e. The van der Waals surface area contributed by atoms with Crippen LogP contribution < -0.4 is 0 Å². The predicted molar refractivity (Wildman–Crippen MR) is 60.8 cm³/mol. The molecule has 3 nitrogen and oxygen atoms in total. The molecule has 0 radical (unpaired) electrons. The molecule has 0 bridgehead atoms. The van der Waals surface area contributed by atoms with Crippen molar-refractivity contribution in [2.75, 3.05) is 13.1 Å². The summed E-state index contributed by atoms with van der Waals surface area (Å²) in [5.41, 5.74) is 0. The summed E-state index contributed by atoms with van der Waals surface area (Å²) in [7, 11) is 0. The summed E-state index contributed by atoms with van der Waals surface area (Å²) in [4.78, 5) is 2.36. The molecule has 0 aliphatic carbocycles. The number of nitrogens with zero attached hydrogens (tertiary/aromatic N) is 3. The van der Waals surface area contributed by atoms with Gasteiger partial charge in [0.2, 0.25) is 4.47 Å². The van der Waals surface area contributed by atoms with E-state index in [0.29, 0.717) is 4.47 Å². The highest BCUT2D eigenvalue weighted by Crippen LogP contribution is 2.16. The predicted octanol–water partition coefficient (Wildman–Crippen LogP) is 2.81. The van der Waals surface area contributed by atoms with Crippen LogP contribution in [-0.2, 0) is 6.54 Å². The lowest BCUT2D eigenvalue weighted by atomic mass is 10.3. The van der Waals surface area contributed by atoms with Gasteiger partial charge in [0.05, 0.1) is 6.54 Å². The van der Waals surface area contributed by atoms with Gasteiger partial charge in [-0.1, -0.05) is 31.6 Å². The molecule has 0 aromatic carbocycles. The van der Waals surface area contributed by atoms with E-state index in [0.717, 1.165) is 24.6 Å². The Labute approximate surface area is 94.1 Å². The van der Waals surface area contributed by atoms with Gasteiger partial charge in [0.15, 0.2) is 0 Å². The number of hydrogen-bond acceptors (Lipinski definition) is 4. The molecule has 0 aliphatic heterocycles. The molecule has 0 amide bonds. The minimum atomic E-state index is 0.534. The second kappa shape index (κ2) is 6.32. The van der Waals surface area contributed by atoms with Crippen LogP contribution in [0.1, 0.15) is 31.7 Å². The molecular formula is C9H16ClN3S. The molecule has 1 heterocycles. The van der Waals surface area contributed by atoms with Crippen LogP contribution in [0.25, 0.3) is 0 Å². The normalized spacial score (nSPS) is 11.1. The van der Waals surface area contributed by atoms with Crippen LogP contribution in [0, 0.1) is 0 Å². The van der Waals surface area contributed by atoms with Crippen molar-refractivity contribution < 1.29 is 0 Å². The highest BCUT2D eigenvalue weighted by molar-refractivity contribution is 7.15. The summed E-state index contributed by atoms with van der Waals surface area (Å²) in [5.74, 6) is 0. The fraction of sp³-hybridized carbons (Fsp3) is 0.778. The van der Waals surface area contributed by atoms with Gasteiger partial charge in [0, 0.05) is 0 Å². The summed E-state index contributed by atoms with van der Waals surface area (Å²) in [6.07, 6.45) is 2.47. The van der Waals surface area contributed by atoms with E-state index in [2.05, 4.69) is 28.9 Å². The van der Waals surface area contributed by atoms with Crippen molar-refractivity contribution in [1.82, 2.24) is 15.1 Å². The maximum atomic E-state index is 5.72. The molecule has 1 aromatic heterocycles. The Morgan fingerprint density at radius 1 is 1.36 bits per heavy atom. The molecule has 14 heavy (non-hydrogen) atoms. The van der Waals surface area contributed by atoms with Crippen molar-refractivity contribution in [3.05, 3.63) is 9.47 Å². The van der Waals surface area contributed by atoms with Gasteiger partial charge in [-0.3, -0.25) is 4.90 Å². The highest BCUT2D eigenvalue weighted by atomic mass is 35.5. The molecule has 0 atom stereocenters. The lowest BCUT2D eigenvalue weighted by Gasteiger charge is -2.17. The van der Waals surface area contributed by atoms with Gasteiger partial charge in [-0.15, -0.1) is 10.2 Å². The first-order valence-corrected chi connectivity index (χ1v) is 6.16. The zero-order valence-electron chi connectivity index (χ0n) is 8.66. The number of halogens is 1. The fourth-order valence-corrected chi connectivity index (χ4v) is 2.13. The molecule has 80 valence electrons. The molecule has 0 N–H and O–H groups in total. The minimum absolute atomic E-state index is 0.534. The largest absolute Gasteiger partial charge is 0.297 e. The van der Waals surface area contributed by atoms with E-state index in [1.165, 1.54) is 24.2 Å². The zero-order valence-corrected chi connectivity index (χ0v) is 10.2. The van der Waals surface area contributed by atoms with Gasteiger partial charge >= 0.3 is 0 Å². The van der Waals surface area contributed by atoms with Crippen LogP contribution in [0.2, 0.25) is 4.47 Å². The van der Waals surface area contributed by atoms with Crippen LogP contribution in [0.3, 0.4) is 0 Å². The van der Waals surface area contributed by atoms with Crippen LogP contribution in [0.5, 0.6) is 0 Å². The number of unbranched alkanes of at least 4 members (excludes halogenated alkanes) is 1. The minimum Gasteiger partial charge on any atom is -0.297 e. The van der Waals surface area contributed by atoms with E-state index in [9.17, 15) is 0 Å². The van der Waals surface area contributed by atoms with Crippen molar-refractivity contribution in [1.29, 1.82) is 0 Å². The van der Waals surface area contributed by atoms with Crippen molar-refractivity contribution in [2.45, 2.75) is 33.2 Å². The Balaban J connectivity index is 2.40.